The summed E-state index contributed by atoms with van der Waals surface area (Å²) in [6.45, 7) is 11.6. The summed E-state index contributed by atoms with van der Waals surface area (Å²) in [6.07, 6.45) is 3.00. The summed E-state index contributed by atoms with van der Waals surface area (Å²) < 4.78 is 11.6. The molecular weight excluding hydrogens is 380 g/mol. The molecule has 0 saturated carbocycles. The van der Waals surface area contributed by atoms with Crippen LogP contribution in [0.2, 0.25) is 0 Å². The molecule has 2 heterocycles. The summed E-state index contributed by atoms with van der Waals surface area (Å²) in [5, 5.41) is 0. The van der Waals surface area contributed by atoms with Gasteiger partial charge in [0.25, 0.3) is 5.91 Å². The van der Waals surface area contributed by atoms with Crippen LogP contribution in [0.3, 0.4) is 0 Å². The van der Waals surface area contributed by atoms with E-state index in [1.54, 1.807) is 11.0 Å². The average Bonchev–Trinajstić information content (AvgIpc) is 3.29. The summed E-state index contributed by atoms with van der Waals surface area (Å²) in [4.78, 5) is 29.1. The number of nitrogens with zero attached hydrogens (tertiary/aromatic N) is 2. The van der Waals surface area contributed by atoms with E-state index in [-0.39, 0.29) is 42.2 Å². The van der Waals surface area contributed by atoms with Crippen LogP contribution in [0.4, 0.5) is 4.79 Å². The van der Waals surface area contributed by atoms with E-state index in [1.165, 1.54) is 0 Å². The molecule has 6 nitrogen and oxygen atoms in total. The second-order valence-corrected chi connectivity index (χ2v) is 9.27. The number of ether oxygens (including phenoxy) is 2. The monoisotopic (exact) mass is 414 g/mol. The number of likely N-dealkylation sites (tertiary alicyclic amines) is 1. The Morgan fingerprint density at radius 3 is 2.57 bits per heavy atom. The van der Waals surface area contributed by atoms with Crippen molar-refractivity contribution >= 4 is 12.0 Å². The molecule has 2 aliphatic rings. The summed E-state index contributed by atoms with van der Waals surface area (Å²) in [7, 11) is 0. The first-order valence-corrected chi connectivity index (χ1v) is 10.9. The highest BCUT2D eigenvalue weighted by Gasteiger charge is 2.44. The van der Waals surface area contributed by atoms with Crippen molar-refractivity contribution in [1.29, 1.82) is 0 Å². The van der Waals surface area contributed by atoms with Crippen molar-refractivity contribution in [3.05, 3.63) is 47.7 Å². The van der Waals surface area contributed by atoms with E-state index in [0.29, 0.717) is 13.1 Å². The van der Waals surface area contributed by atoms with Gasteiger partial charge in [-0.15, -0.1) is 0 Å². The maximum atomic E-state index is 12.9. The SMILES string of the molecule is CC[C@H](C)[C@H]1C(OC(C)(C)C)=CC(=O)N1[C@H]1CCN(C(=O)OCc2ccccc2)C1. The van der Waals surface area contributed by atoms with Crippen LogP contribution < -0.4 is 0 Å². The van der Waals surface area contributed by atoms with Crippen molar-refractivity contribution in [1.82, 2.24) is 9.80 Å². The Hall–Kier alpha value is -2.50. The van der Waals surface area contributed by atoms with Crippen molar-refractivity contribution in [2.45, 2.75) is 71.8 Å². The van der Waals surface area contributed by atoms with E-state index in [2.05, 4.69) is 13.8 Å². The Labute approximate surface area is 179 Å². The third kappa shape index (κ3) is 5.15. The second-order valence-electron chi connectivity index (χ2n) is 9.27. The summed E-state index contributed by atoms with van der Waals surface area (Å²) >= 11 is 0. The average molecular weight is 415 g/mol. The molecule has 1 aromatic rings. The zero-order valence-electron chi connectivity index (χ0n) is 18.8. The normalized spacial score (nSPS) is 22.8. The third-order valence-corrected chi connectivity index (χ3v) is 5.74. The van der Waals surface area contributed by atoms with Gasteiger partial charge in [-0.25, -0.2) is 4.79 Å². The molecule has 2 aliphatic heterocycles. The first-order chi connectivity index (χ1) is 14.2. The van der Waals surface area contributed by atoms with Gasteiger partial charge in [-0.1, -0.05) is 50.6 Å². The van der Waals surface area contributed by atoms with Crippen LogP contribution in [0.25, 0.3) is 0 Å². The van der Waals surface area contributed by atoms with Gasteiger partial charge in [-0.2, -0.15) is 0 Å². The second kappa shape index (κ2) is 9.11. The molecule has 0 bridgehead atoms. The lowest BCUT2D eigenvalue weighted by Crippen LogP contribution is -2.48. The lowest BCUT2D eigenvalue weighted by molar-refractivity contribution is -0.129. The van der Waals surface area contributed by atoms with Gasteiger partial charge < -0.3 is 19.3 Å². The van der Waals surface area contributed by atoms with Crippen molar-refractivity contribution in [2.24, 2.45) is 5.92 Å². The van der Waals surface area contributed by atoms with Crippen LogP contribution in [-0.2, 0) is 20.9 Å². The predicted octanol–water partition coefficient (Wildman–Crippen LogP) is 4.35. The molecule has 2 amide bonds. The number of benzene rings is 1. The van der Waals surface area contributed by atoms with Crippen LogP contribution in [0, 0.1) is 5.92 Å². The smallest absolute Gasteiger partial charge is 0.410 e. The van der Waals surface area contributed by atoms with Gasteiger partial charge in [0.2, 0.25) is 0 Å². The highest BCUT2D eigenvalue weighted by molar-refractivity contribution is 5.92. The molecule has 0 spiro atoms. The van der Waals surface area contributed by atoms with E-state index in [0.717, 1.165) is 24.2 Å². The molecule has 3 rings (SSSR count). The molecule has 0 unspecified atom stereocenters. The molecule has 0 aliphatic carbocycles. The zero-order valence-corrected chi connectivity index (χ0v) is 18.8. The molecule has 1 aromatic carbocycles. The molecular formula is C24H34N2O4. The largest absolute Gasteiger partial charge is 0.490 e. The Kier molecular flexibility index (Phi) is 6.74. The molecule has 0 N–H and O–H groups in total. The van der Waals surface area contributed by atoms with E-state index in [9.17, 15) is 9.59 Å². The summed E-state index contributed by atoms with van der Waals surface area (Å²) in [5.74, 6) is 0.986. The Morgan fingerprint density at radius 2 is 1.93 bits per heavy atom. The molecule has 1 fully saturated rings. The van der Waals surface area contributed by atoms with Crippen molar-refractivity contribution in [3.63, 3.8) is 0 Å². The highest BCUT2D eigenvalue weighted by Crippen LogP contribution is 2.35. The van der Waals surface area contributed by atoms with Crippen LogP contribution in [0.1, 0.15) is 53.0 Å². The highest BCUT2D eigenvalue weighted by atomic mass is 16.6. The molecule has 0 aromatic heterocycles. The number of hydrogen-bond acceptors (Lipinski definition) is 4. The fraction of sp³-hybridized carbons (Fsp3) is 0.583. The minimum absolute atomic E-state index is 0.0240. The first-order valence-electron chi connectivity index (χ1n) is 10.9. The number of carbonyl (C=O) groups is 2. The number of amides is 2. The van der Waals surface area contributed by atoms with E-state index in [1.807, 2.05) is 56.0 Å². The third-order valence-electron chi connectivity index (χ3n) is 5.74. The van der Waals surface area contributed by atoms with Gasteiger partial charge in [0, 0.05) is 19.2 Å². The first kappa shape index (κ1) is 22.2. The minimum Gasteiger partial charge on any atom is -0.490 e. The summed E-state index contributed by atoms with van der Waals surface area (Å²) in [5.41, 5.74) is 0.595. The van der Waals surface area contributed by atoms with E-state index >= 15 is 0 Å². The molecule has 0 radical (unpaired) electrons. The molecule has 30 heavy (non-hydrogen) atoms. The fourth-order valence-electron chi connectivity index (χ4n) is 4.13. The van der Waals surface area contributed by atoms with E-state index in [4.69, 9.17) is 9.47 Å². The van der Waals surface area contributed by atoms with Gasteiger partial charge in [-0.05, 0) is 38.7 Å². The van der Waals surface area contributed by atoms with Crippen LogP contribution in [-0.4, -0.2) is 52.6 Å². The molecule has 1 saturated heterocycles. The Balaban J connectivity index is 1.65. The Bertz CT molecular complexity index is 784. The minimum atomic E-state index is -0.364. The van der Waals surface area contributed by atoms with Crippen molar-refractivity contribution < 1.29 is 19.1 Å². The van der Waals surface area contributed by atoms with Gasteiger partial charge in [0.15, 0.2) is 0 Å². The van der Waals surface area contributed by atoms with Gasteiger partial charge in [0.05, 0.1) is 12.1 Å². The van der Waals surface area contributed by atoms with Crippen molar-refractivity contribution in [2.75, 3.05) is 13.1 Å². The van der Waals surface area contributed by atoms with Crippen molar-refractivity contribution in [3.8, 4) is 0 Å². The number of hydrogen-bond donors (Lipinski definition) is 0. The van der Waals surface area contributed by atoms with Crippen LogP contribution in [0.15, 0.2) is 42.2 Å². The number of carbonyl (C=O) groups excluding carboxylic acids is 2. The summed E-state index contributed by atoms with van der Waals surface area (Å²) in [6, 6.07) is 9.53. The van der Waals surface area contributed by atoms with Gasteiger partial charge in [0.1, 0.15) is 18.0 Å². The maximum Gasteiger partial charge on any atom is 0.410 e. The van der Waals surface area contributed by atoms with Gasteiger partial charge in [-0.3, -0.25) is 4.79 Å². The predicted molar refractivity (Wildman–Crippen MR) is 116 cm³/mol. The topological polar surface area (TPSA) is 59.1 Å². The van der Waals surface area contributed by atoms with Gasteiger partial charge >= 0.3 is 6.09 Å². The van der Waals surface area contributed by atoms with Crippen LogP contribution in [0.5, 0.6) is 0 Å². The molecule has 6 heteroatoms. The van der Waals surface area contributed by atoms with E-state index < -0.39 is 0 Å². The maximum absolute atomic E-state index is 12.9. The van der Waals surface area contributed by atoms with Crippen LogP contribution >= 0.6 is 0 Å². The number of rotatable bonds is 6. The standard InChI is InChI=1S/C24H34N2O4/c1-6-17(2)22-20(30-24(3,4)5)14-21(27)26(22)19-12-13-25(15-19)23(28)29-16-18-10-8-7-9-11-18/h7-11,14,17,19,22H,6,12-13,15-16H2,1-5H3/t17-,19-,22-/m0/s1. The lowest BCUT2D eigenvalue weighted by Gasteiger charge is -2.37. The molecule has 3 atom stereocenters. The lowest BCUT2D eigenvalue weighted by atomic mass is 9.96. The Morgan fingerprint density at radius 1 is 1.23 bits per heavy atom. The molecule has 164 valence electrons. The fourth-order valence-corrected chi connectivity index (χ4v) is 4.13. The zero-order chi connectivity index (χ0) is 21.9. The quantitative estimate of drug-likeness (QED) is 0.694.